The molecule has 1 unspecified atom stereocenters. The molecule has 0 saturated heterocycles. The maximum absolute atomic E-state index is 12.8. The predicted molar refractivity (Wildman–Crippen MR) is 118 cm³/mol. The van der Waals surface area contributed by atoms with Crippen LogP contribution in [0.1, 0.15) is 111 Å². The van der Waals surface area contributed by atoms with Gasteiger partial charge in [0, 0.05) is 6.42 Å². The maximum Gasteiger partial charge on any atom is 0.319 e. The molecule has 166 valence electrons. The molecule has 0 heterocycles. The number of hydrogen-bond donors (Lipinski definition) is 0. The van der Waals surface area contributed by atoms with Crippen LogP contribution in [0.5, 0.6) is 0 Å². The Hall–Kier alpha value is -0.860. The third kappa shape index (κ3) is 5.44. The third-order valence-electron chi connectivity index (χ3n) is 8.81. The zero-order chi connectivity index (χ0) is 20.9. The number of rotatable bonds is 7. The highest BCUT2D eigenvalue weighted by molar-refractivity contribution is 6.03. The summed E-state index contributed by atoms with van der Waals surface area (Å²) >= 11 is 0. The lowest BCUT2D eigenvalue weighted by Gasteiger charge is -2.42. The number of carbonyl (C=O) groups is 2. The zero-order valence-corrected chi connectivity index (χ0v) is 19.2. The molecule has 0 aliphatic heterocycles. The minimum Gasteiger partial charge on any atom is -0.465 e. The number of esters is 1. The smallest absolute Gasteiger partial charge is 0.319 e. The molecule has 0 spiro atoms. The van der Waals surface area contributed by atoms with Crippen LogP contribution in [0.3, 0.4) is 0 Å². The number of ketones is 1. The van der Waals surface area contributed by atoms with Gasteiger partial charge in [0.05, 0.1) is 6.61 Å². The van der Waals surface area contributed by atoms with E-state index in [4.69, 9.17) is 4.74 Å². The Kier molecular flexibility index (Phi) is 8.22. The highest BCUT2D eigenvalue weighted by Crippen LogP contribution is 2.47. The first-order chi connectivity index (χ1) is 14.0. The summed E-state index contributed by atoms with van der Waals surface area (Å²) in [4.78, 5) is 25.1. The first-order valence-corrected chi connectivity index (χ1v) is 12.7. The van der Waals surface area contributed by atoms with Crippen molar-refractivity contribution in [3.05, 3.63) is 0 Å². The van der Waals surface area contributed by atoms with Crippen molar-refractivity contribution in [1.29, 1.82) is 0 Å². The van der Waals surface area contributed by atoms with E-state index in [9.17, 15) is 9.59 Å². The molecule has 0 amide bonds. The van der Waals surface area contributed by atoms with Gasteiger partial charge in [-0.15, -0.1) is 0 Å². The molecule has 2 atom stereocenters. The molecule has 3 nitrogen and oxygen atoms in total. The number of Topliss-reactive ketones (excluding diaryl/α,β-unsaturated/α-hetero) is 1. The summed E-state index contributed by atoms with van der Waals surface area (Å²) in [5.74, 6) is 3.92. The highest BCUT2D eigenvalue weighted by atomic mass is 16.5. The van der Waals surface area contributed by atoms with Crippen molar-refractivity contribution in [3.8, 4) is 0 Å². The van der Waals surface area contributed by atoms with Crippen LogP contribution < -0.4 is 0 Å². The van der Waals surface area contributed by atoms with Crippen LogP contribution in [-0.2, 0) is 14.3 Å². The second-order valence-electron chi connectivity index (χ2n) is 10.6. The van der Waals surface area contributed by atoms with Crippen LogP contribution in [-0.4, -0.2) is 18.4 Å². The molecular formula is C26H44O3. The molecule has 3 heteroatoms. The SMILES string of the molecule is CCCC[C@H]1CC[C@H](C2CCC(C3CC[C@](C)(C(=O)OCC)C(=O)C3)CC2)CC1. The molecule has 0 N–H and O–H groups in total. The highest BCUT2D eigenvalue weighted by Gasteiger charge is 2.47. The average Bonchev–Trinajstić information content (AvgIpc) is 2.75. The molecule has 3 saturated carbocycles. The molecule has 3 aliphatic rings. The molecule has 29 heavy (non-hydrogen) atoms. The number of unbranched alkanes of at least 4 members (excludes halogenated alkanes) is 1. The van der Waals surface area contributed by atoms with E-state index < -0.39 is 5.41 Å². The van der Waals surface area contributed by atoms with Gasteiger partial charge in [-0.2, -0.15) is 0 Å². The van der Waals surface area contributed by atoms with Gasteiger partial charge in [0.15, 0.2) is 0 Å². The van der Waals surface area contributed by atoms with Crippen LogP contribution in [0.15, 0.2) is 0 Å². The van der Waals surface area contributed by atoms with Crippen molar-refractivity contribution in [2.24, 2.45) is 35.0 Å². The minimum atomic E-state index is -0.889. The van der Waals surface area contributed by atoms with Crippen molar-refractivity contribution in [2.45, 2.75) is 111 Å². The van der Waals surface area contributed by atoms with Gasteiger partial charge in [-0.25, -0.2) is 0 Å². The summed E-state index contributed by atoms with van der Waals surface area (Å²) in [7, 11) is 0. The van der Waals surface area contributed by atoms with Crippen LogP contribution in [0.4, 0.5) is 0 Å². The first-order valence-electron chi connectivity index (χ1n) is 12.7. The van der Waals surface area contributed by atoms with Crippen molar-refractivity contribution in [2.75, 3.05) is 6.61 Å². The largest absolute Gasteiger partial charge is 0.465 e. The van der Waals surface area contributed by atoms with Crippen LogP contribution in [0, 0.1) is 35.0 Å². The number of carbonyl (C=O) groups excluding carboxylic acids is 2. The summed E-state index contributed by atoms with van der Waals surface area (Å²) < 4.78 is 5.19. The lowest BCUT2D eigenvalue weighted by molar-refractivity contribution is -0.162. The van der Waals surface area contributed by atoms with E-state index in [2.05, 4.69) is 6.92 Å². The van der Waals surface area contributed by atoms with Gasteiger partial charge in [-0.05, 0) is 94.8 Å². The van der Waals surface area contributed by atoms with Crippen LogP contribution in [0.2, 0.25) is 0 Å². The first kappa shape index (κ1) is 22.8. The molecule has 0 radical (unpaired) electrons. The van der Waals surface area contributed by atoms with Crippen LogP contribution >= 0.6 is 0 Å². The van der Waals surface area contributed by atoms with E-state index >= 15 is 0 Å². The van der Waals surface area contributed by atoms with Crippen molar-refractivity contribution in [1.82, 2.24) is 0 Å². The molecule has 0 aromatic rings. The summed E-state index contributed by atoms with van der Waals surface area (Å²) in [5, 5.41) is 0. The summed E-state index contributed by atoms with van der Waals surface area (Å²) in [6.45, 7) is 6.28. The average molecular weight is 405 g/mol. The number of ether oxygens (including phenoxy) is 1. The third-order valence-corrected chi connectivity index (χ3v) is 8.81. The fourth-order valence-electron chi connectivity index (χ4n) is 6.62. The Morgan fingerprint density at radius 3 is 1.97 bits per heavy atom. The van der Waals surface area contributed by atoms with E-state index in [1.807, 2.05) is 6.92 Å². The standard InChI is InChI=1S/C26H44O3/c1-4-6-7-19-8-10-20(11-9-19)21-12-14-22(15-13-21)23-16-17-26(3,24(27)18-23)25(28)29-5-2/h19-23H,4-18H2,1-3H3/t19-,20-,21?,22?,23?,26-/m0/s1. The van der Waals surface area contributed by atoms with Gasteiger partial charge in [-0.1, -0.05) is 39.0 Å². The topological polar surface area (TPSA) is 43.4 Å². The van der Waals surface area contributed by atoms with E-state index in [0.29, 0.717) is 31.3 Å². The summed E-state index contributed by atoms with van der Waals surface area (Å²) in [6, 6.07) is 0. The van der Waals surface area contributed by atoms with E-state index in [1.165, 1.54) is 70.6 Å². The zero-order valence-electron chi connectivity index (χ0n) is 19.2. The molecule has 0 aromatic carbocycles. The summed E-state index contributed by atoms with van der Waals surface area (Å²) in [5.41, 5.74) is -0.889. The van der Waals surface area contributed by atoms with E-state index in [1.54, 1.807) is 6.92 Å². The molecule has 3 rings (SSSR count). The van der Waals surface area contributed by atoms with Gasteiger partial charge in [-0.3, -0.25) is 9.59 Å². The van der Waals surface area contributed by atoms with Crippen LogP contribution in [0.25, 0.3) is 0 Å². The van der Waals surface area contributed by atoms with Gasteiger partial charge >= 0.3 is 5.97 Å². The fraction of sp³-hybridized carbons (Fsp3) is 0.923. The number of hydrogen-bond acceptors (Lipinski definition) is 3. The quantitative estimate of drug-likeness (QED) is 0.349. The Morgan fingerprint density at radius 1 is 0.897 bits per heavy atom. The summed E-state index contributed by atoms with van der Waals surface area (Å²) in [6.07, 6.45) is 17.7. The van der Waals surface area contributed by atoms with Crippen molar-refractivity contribution >= 4 is 11.8 Å². The Balaban J connectivity index is 1.42. The lowest BCUT2D eigenvalue weighted by atomic mass is 9.62. The van der Waals surface area contributed by atoms with Gasteiger partial charge in [0.2, 0.25) is 0 Å². The molecule has 0 bridgehead atoms. The fourth-order valence-corrected chi connectivity index (χ4v) is 6.62. The Morgan fingerprint density at radius 2 is 1.45 bits per heavy atom. The molecular weight excluding hydrogens is 360 g/mol. The molecule has 0 aromatic heterocycles. The lowest BCUT2D eigenvalue weighted by Crippen LogP contribution is -2.44. The second kappa shape index (κ2) is 10.4. The van der Waals surface area contributed by atoms with E-state index in [0.717, 1.165) is 24.2 Å². The molecule has 3 fully saturated rings. The van der Waals surface area contributed by atoms with E-state index in [-0.39, 0.29) is 11.8 Å². The van der Waals surface area contributed by atoms with Gasteiger partial charge in [0.1, 0.15) is 11.2 Å². The van der Waals surface area contributed by atoms with Crippen molar-refractivity contribution < 1.29 is 14.3 Å². The predicted octanol–water partition coefficient (Wildman–Crippen LogP) is 6.73. The van der Waals surface area contributed by atoms with Crippen molar-refractivity contribution in [3.63, 3.8) is 0 Å². The Bertz CT molecular complexity index is 540. The minimum absolute atomic E-state index is 0.125. The normalized spacial score (nSPS) is 38.6. The van der Waals surface area contributed by atoms with Gasteiger partial charge in [0.25, 0.3) is 0 Å². The monoisotopic (exact) mass is 404 g/mol. The second-order valence-corrected chi connectivity index (χ2v) is 10.6. The Labute approximate surface area is 178 Å². The van der Waals surface area contributed by atoms with Gasteiger partial charge < -0.3 is 4.74 Å². The maximum atomic E-state index is 12.8. The molecule has 3 aliphatic carbocycles.